The third kappa shape index (κ3) is 4.09. The lowest BCUT2D eigenvalue weighted by atomic mass is 10.2. The fourth-order valence-electron chi connectivity index (χ4n) is 0.787. The first-order valence-electron chi connectivity index (χ1n) is 4.36. The Bertz CT molecular complexity index is 216. The molecule has 0 saturated heterocycles. The summed E-state index contributed by atoms with van der Waals surface area (Å²) in [5.41, 5.74) is -0.834. The van der Waals surface area contributed by atoms with Crippen LogP contribution in [0.1, 0.15) is 27.7 Å². The predicted octanol–water partition coefficient (Wildman–Crippen LogP) is 1.93. The highest BCUT2D eigenvalue weighted by atomic mass is 32.1. The van der Waals surface area contributed by atoms with Crippen molar-refractivity contribution in [2.24, 2.45) is 0 Å². The Balaban J connectivity index is 4.23. The predicted molar refractivity (Wildman–Crippen MR) is 56.3 cm³/mol. The van der Waals surface area contributed by atoms with E-state index >= 15 is 0 Å². The molecule has 3 nitrogen and oxygen atoms in total. The van der Waals surface area contributed by atoms with Gasteiger partial charge >= 0.3 is 0 Å². The van der Waals surface area contributed by atoms with Gasteiger partial charge in [0.2, 0.25) is 0 Å². The Kier molecular flexibility index (Phi) is 4.71. The van der Waals surface area contributed by atoms with Crippen molar-refractivity contribution in [2.45, 2.75) is 33.3 Å². The molecule has 0 aliphatic carbocycles. The largest absolute Gasteiger partial charge is 0.449 e. The van der Waals surface area contributed by atoms with Gasteiger partial charge in [-0.05, 0) is 39.9 Å². The van der Waals surface area contributed by atoms with Gasteiger partial charge in [-0.2, -0.15) is 5.26 Å². The maximum Gasteiger partial charge on any atom is 0.260 e. The summed E-state index contributed by atoms with van der Waals surface area (Å²) < 4.78 is 5.33. The second-order valence-corrected chi connectivity index (χ2v) is 3.51. The van der Waals surface area contributed by atoms with Crippen LogP contribution in [0.15, 0.2) is 0 Å². The number of hydrogen-bond donors (Lipinski definition) is 0. The van der Waals surface area contributed by atoms with Crippen LogP contribution in [-0.4, -0.2) is 28.8 Å². The molecule has 0 aliphatic heterocycles. The van der Waals surface area contributed by atoms with E-state index in [1.807, 2.05) is 24.8 Å². The highest BCUT2D eigenvalue weighted by Gasteiger charge is 2.21. The average molecular weight is 200 g/mol. The molecule has 0 N–H and O–H groups in total. The molecule has 0 aliphatic rings. The van der Waals surface area contributed by atoms with E-state index in [4.69, 9.17) is 22.2 Å². The van der Waals surface area contributed by atoms with Crippen LogP contribution in [0.5, 0.6) is 0 Å². The molecule has 74 valence electrons. The van der Waals surface area contributed by atoms with Crippen molar-refractivity contribution >= 4 is 17.4 Å². The van der Waals surface area contributed by atoms with Crippen LogP contribution in [0.25, 0.3) is 0 Å². The van der Waals surface area contributed by atoms with Crippen molar-refractivity contribution in [3.63, 3.8) is 0 Å². The van der Waals surface area contributed by atoms with Gasteiger partial charge in [0.15, 0.2) is 5.60 Å². The van der Waals surface area contributed by atoms with Crippen molar-refractivity contribution < 1.29 is 4.74 Å². The molecule has 0 saturated carbocycles. The van der Waals surface area contributed by atoms with E-state index in [1.54, 1.807) is 13.8 Å². The number of thiocarbonyl (C=S) groups is 1. The van der Waals surface area contributed by atoms with Crippen molar-refractivity contribution in [3.8, 4) is 6.07 Å². The summed E-state index contributed by atoms with van der Waals surface area (Å²) in [5.74, 6) is 0. The van der Waals surface area contributed by atoms with Crippen LogP contribution in [0, 0.1) is 11.3 Å². The lowest BCUT2D eigenvalue weighted by Gasteiger charge is -2.26. The van der Waals surface area contributed by atoms with Crippen LogP contribution in [-0.2, 0) is 4.74 Å². The summed E-state index contributed by atoms with van der Waals surface area (Å²) in [6, 6.07) is 2.04. The minimum atomic E-state index is -0.834. The fraction of sp³-hybridized carbons (Fsp3) is 0.778. The molecule has 0 aromatic carbocycles. The summed E-state index contributed by atoms with van der Waals surface area (Å²) in [7, 11) is 0. The van der Waals surface area contributed by atoms with E-state index in [-0.39, 0.29) is 0 Å². The molecule has 0 aromatic rings. The first-order valence-corrected chi connectivity index (χ1v) is 4.76. The number of nitriles is 1. The molecular weight excluding hydrogens is 184 g/mol. The van der Waals surface area contributed by atoms with Gasteiger partial charge in [-0.15, -0.1) is 0 Å². The van der Waals surface area contributed by atoms with Gasteiger partial charge in [-0.25, -0.2) is 0 Å². The van der Waals surface area contributed by atoms with E-state index in [9.17, 15) is 0 Å². The van der Waals surface area contributed by atoms with Gasteiger partial charge in [0.1, 0.15) is 6.07 Å². The monoisotopic (exact) mass is 200 g/mol. The Morgan fingerprint density at radius 3 is 2.23 bits per heavy atom. The average Bonchev–Trinajstić information content (AvgIpc) is 2.06. The van der Waals surface area contributed by atoms with Gasteiger partial charge in [0, 0.05) is 13.1 Å². The highest BCUT2D eigenvalue weighted by Crippen LogP contribution is 2.09. The Hall–Kier alpha value is -0.820. The van der Waals surface area contributed by atoms with Gasteiger partial charge in [-0.3, -0.25) is 0 Å². The standard InChI is InChI=1S/C9H16N2OS/c1-5-11(6-2)8(13)12-9(3,4)7-10/h5-6H2,1-4H3. The molecule has 0 bridgehead atoms. The second kappa shape index (κ2) is 5.03. The molecule has 0 rings (SSSR count). The quantitative estimate of drug-likeness (QED) is 0.652. The van der Waals surface area contributed by atoms with E-state index < -0.39 is 5.60 Å². The van der Waals surface area contributed by atoms with Crippen molar-refractivity contribution in [1.82, 2.24) is 4.90 Å². The van der Waals surface area contributed by atoms with E-state index in [2.05, 4.69) is 0 Å². The molecule has 0 heterocycles. The summed E-state index contributed by atoms with van der Waals surface area (Å²) in [4.78, 5) is 1.90. The number of ether oxygens (including phenoxy) is 1. The summed E-state index contributed by atoms with van der Waals surface area (Å²) in [6.45, 7) is 9.00. The lowest BCUT2D eigenvalue weighted by Crippen LogP contribution is -2.37. The zero-order valence-corrected chi connectivity index (χ0v) is 9.44. The molecule has 0 amide bonds. The molecule has 0 unspecified atom stereocenters. The van der Waals surface area contributed by atoms with Gasteiger partial charge in [0.05, 0.1) is 0 Å². The van der Waals surface area contributed by atoms with E-state index in [0.717, 1.165) is 13.1 Å². The van der Waals surface area contributed by atoms with Crippen LogP contribution < -0.4 is 0 Å². The minimum Gasteiger partial charge on any atom is -0.449 e. The first-order chi connectivity index (χ1) is 5.96. The maximum absolute atomic E-state index is 8.72. The van der Waals surface area contributed by atoms with Crippen molar-refractivity contribution in [3.05, 3.63) is 0 Å². The van der Waals surface area contributed by atoms with Gasteiger partial charge < -0.3 is 9.64 Å². The normalized spacial score (nSPS) is 10.4. The lowest BCUT2D eigenvalue weighted by molar-refractivity contribution is 0.130. The second-order valence-electron chi connectivity index (χ2n) is 3.16. The Labute approximate surface area is 85.3 Å². The topological polar surface area (TPSA) is 36.3 Å². The summed E-state index contributed by atoms with van der Waals surface area (Å²) in [6.07, 6.45) is 0. The van der Waals surface area contributed by atoms with Gasteiger partial charge in [0.25, 0.3) is 5.17 Å². The minimum absolute atomic E-state index is 0.400. The molecule has 13 heavy (non-hydrogen) atoms. The third-order valence-corrected chi connectivity index (χ3v) is 1.97. The number of nitrogens with zero attached hydrogens (tertiary/aromatic N) is 2. The molecule has 0 aromatic heterocycles. The van der Waals surface area contributed by atoms with Crippen molar-refractivity contribution in [1.29, 1.82) is 5.26 Å². The number of hydrogen-bond acceptors (Lipinski definition) is 3. The Morgan fingerprint density at radius 2 is 1.92 bits per heavy atom. The zero-order chi connectivity index (χ0) is 10.5. The third-order valence-electron chi connectivity index (χ3n) is 1.63. The summed E-state index contributed by atoms with van der Waals surface area (Å²) >= 11 is 5.04. The molecule has 0 radical (unpaired) electrons. The molecule has 4 heteroatoms. The molecular formula is C9H16N2OS. The first kappa shape index (κ1) is 12.2. The Morgan fingerprint density at radius 1 is 1.46 bits per heavy atom. The van der Waals surface area contributed by atoms with Crippen molar-refractivity contribution in [2.75, 3.05) is 13.1 Å². The van der Waals surface area contributed by atoms with E-state index in [0.29, 0.717) is 5.17 Å². The van der Waals surface area contributed by atoms with Crippen LogP contribution in [0.2, 0.25) is 0 Å². The zero-order valence-electron chi connectivity index (χ0n) is 8.63. The molecule has 0 fully saturated rings. The maximum atomic E-state index is 8.72. The molecule has 0 spiro atoms. The summed E-state index contributed by atoms with van der Waals surface area (Å²) in [5, 5.41) is 9.12. The van der Waals surface area contributed by atoms with Gasteiger partial charge in [-0.1, -0.05) is 0 Å². The van der Waals surface area contributed by atoms with Crippen LogP contribution in [0.4, 0.5) is 0 Å². The fourth-order valence-corrected chi connectivity index (χ4v) is 1.25. The van der Waals surface area contributed by atoms with Crippen LogP contribution >= 0.6 is 12.2 Å². The van der Waals surface area contributed by atoms with Crippen LogP contribution in [0.3, 0.4) is 0 Å². The molecule has 0 atom stereocenters. The van der Waals surface area contributed by atoms with E-state index in [1.165, 1.54) is 0 Å². The number of rotatable bonds is 3. The SMILES string of the molecule is CCN(CC)C(=S)OC(C)(C)C#N. The smallest absolute Gasteiger partial charge is 0.260 e. The highest BCUT2D eigenvalue weighted by molar-refractivity contribution is 7.80.